The van der Waals surface area contributed by atoms with E-state index in [9.17, 15) is 9.59 Å². The fourth-order valence-corrected chi connectivity index (χ4v) is 1.58. The van der Waals surface area contributed by atoms with Crippen molar-refractivity contribution in [2.45, 2.75) is 31.9 Å². The molecule has 0 saturated heterocycles. The van der Waals surface area contributed by atoms with Crippen LogP contribution in [-0.4, -0.2) is 24.7 Å². The van der Waals surface area contributed by atoms with E-state index in [4.69, 9.17) is 16.2 Å². The monoisotopic (exact) mass is 280 g/mol. The molecule has 0 aromatic heterocycles. The highest BCUT2D eigenvalue weighted by Gasteiger charge is 2.15. The molecule has 110 valence electrons. The lowest BCUT2D eigenvalue weighted by Crippen LogP contribution is -2.33. The van der Waals surface area contributed by atoms with Crippen molar-refractivity contribution in [3.05, 3.63) is 35.9 Å². The summed E-state index contributed by atoms with van der Waals surface area (Å²) in [6.07, 6.45) is 1.05. The highest BCUT2D eigenvalue weighted by Crippen LogP contribution is 2.05. The molecule has 0 spiro atoms. The van der Waals surface area contributed by atoms with Crippen LogP contribution in [0.1, 0.15) is 24.8 Å². The van der Waals surface area contributed by atoms with E-state index in [0.29, 0.717) is 12.8 Å². The number of carbonyl (C=O) groups excluding carboxylic acids is 2. The summed E-state index contributed by atoms with van der Waals surface area (Å²) in [4.78, 5) is 22.7. The van der Waals surface area contributed by atoms with Crippen LogP contribution in [0.2, 0.25) is 0 Å². The molecular weight excluding hydrogens is 260 g/mol. The normalized spacial score (nSPS) is 11.7. The molecule has 0 aliphatic rings. The van der Waals surface area contributed by atoms with Gasteiger partial charge in [0.1, 0.15) is 19.4 Å². The van der Waals surface area contributed by atoms with Crippen LogP contribution in [-0.2, 0) is 25.7 Å². The lowest BCUT2D eigenvalue weighted by atomic mass is 10.1. The van der Waals surface area contributed by atoms with Gasteiger partial charge in [0.05, 0.1) is 0 Å². The minimum atomic E-state index is -0.750. The van der Waals surface area contributed by atoms with E-state index >= 15 is 0 Å². The fraction of sp³-hybridized carbons (Fsp3) is 0.429. The standard InChI is InChI=1S/C14H20N2O4/c15-10-20-14(18)12(16)7-4-8-13(17)19-9-11-5-2-1-3-6-11/h1-3,5-6,12H,4,7-10,15-16H2/t12-/m0/s1. The Balaban J connectivity index is 2.16. The summed E-state index contributed by atoms with van der Waals surface area (Å²) in [6, 6.07) is 8.67. The molecule has 0 unspecified atom stereocenters. The van der Waals surface area contributed by atoms with Crippen molar-refractivity contribution in [2.75, 3.05) is 6.73 Å². The summed E-state index contributed by atoms with van der Waals surface area (Å²) in [5, 5.41) is 0. The molecule has 1 rings (SSSR count). The second-order valence-electron chi connectivity index (χ2n) is 4.28. The molecule has 4 N–H and O–H groups in total. The molecule has 0 radical (unpaired) electrons. The summed E-state index contributed by atoms with van der Waals surface area (Å²) in [6.45, 7) is 0.0621. The number of benzene rings is 1. The molecule has 20 heavy (non-hydrogen) atoms. The molecule has 0 aliphatic carbocycles. The first-order valence-corrected chi connectivity index (χ1v) is 6.45. The minimum absolute atomic E-state index is 0.189. The topological polar surface area (TPSA) is 105 Å². The third kappa shape index (κ3) is 6.31. The first-order valence-electron chi connectivity index (χ1n) is 6.45. The Morgan fingerprint density at radius 1 is 1.15 bits per heavy atom. The van der Waals surface area contributed by atoms with Crippen molar-refractivity contribution in [1.29, 1.82) is 0 Å². The first-order chi connectivity index (χ1) is 9.63. The van der Waals surface area contributed by atoms with Crippen molar-refractivity contribution < 1.29 is 19.1 Å². The Kier molecular flexibility index (Phi) is 7.31. The van der Waals surface area contributed by atoms with Crippen LogP contribution >= 0.6 is 0 Å². The Morgan fingerprint density at radius 2 is 1.85 bits per heavy atom. The van der Waals surface area contributed by atoms with E-state index in [-0.39, 0.29) is 25.7 Å². The van der Waals surface area contributed by atoms with Gasteiger partial charge in [-0.05, 0) is 18.4 Å². The van der Waals surface area contributed by atoms with Crippen LogP contribution < -0.4 is 11.5 Å². The third-order valence-electron chi connectivity index (χ3n) is 2.67. The van der Waals surface area contributed by atoms with Gasteiger partial charge >= 0.3 is 11.9 Å². The molecule has 0 fully saturated rings. The fourth-order valence-electron chi connectivity index (χ4n) is 1.58. The van der Waals surface area contributed by atoms with Gasteiger partial charge in [-0.1, -0.05) is 30.3 Å². The molecule has 1 aromatic rings. The smallest absolute Gasteiger partial charge is 0.324 e. The van der Waals surface area contributed by atoms with Gasteiger partial charge in [0.2, 0.25) is 0 Å². The number of nitrogens with two attached hydrogens (primary N) is 2. The quantitative estimate of drug-likeness (QED) is 0.536. The van der Waals surface area contributed by atoms with Gasteiger partial charge in [0, 0.05) is 6.42 Å². The van der Waals surface area contributed by atoms with E-state index in [0.717, 1.165) is 5.56 Å². The zero-order valence-electron chi connectivity index (χ0n) is 11.3. The van der Waals surface area contributed by atoms with Crippen LogP contribution in [0.15, 0.2) is 30.3 Å². The molecule has 0 bridgehead atoms. The molecule has 6 heteroatoms. The van der Waals surface area contributed by atoms with Crippen molar-refractivity contribution in [3.8, 4) is 0 Å². The zero-order chi connectivity index (χ0) is 14.8. The second kappa shape index (κ2) is 9.06. The van der Waals surface area contributed by atoms with Gasteiger partial charge in [0.15, 0.2) is 0 Å². The van der Waals surface area contributed by atoms with Crippen LogP contribution in [0.5, 0.6) is 0 Å². The molecule has 6 nitrogen and oxygen atoms in total. The Hall–Kier alpha value is -1.92. The molecule has 0 aliphatic heterocycles. The summed E-state index contributed by atoms with van der Waals surface area (Å²) in [5.41, 5.74) is 11.6. The van der Waals surface area contributed by atoms with Crippen LogP contribution in [0.3, 0.4) is 0 Å². The maximum atomic E-state index is 11.5. The molecule has 0 saturated carbocycles. The number of esters is 2. The average molecular weight is 280 g/mol. The van der Waals surface area contributed by atoms with Crippen molar-refractivity contribution in [2.24, 2.45) is 11.5 Å². The molecule has 0 heterocycles. The van der Waals surface area contributed by atoms with E-state index in [2.05, 4.69) is 4.74 Å². The number of hydrogen-bond donors (Lipinski definition) is 2. The highest BCUT2D eigenvalue weighted by molar-refractivity contribution is 5.75. The molecular formula is C14H20N2O4. The van der Waals surface area contributed by atoms with Gasteiger partial charge in [-0.25, -0.2) is 0 Å². The average Bonchev–Trinajstić information content (AvgIpc) is 2.46. The molecule has 0 amide bonds. The van der Waals surface area contributed by atoms with Crippen molar-refractivity contribution in [3.63, 3.8) is 0 Å². The van der Waals surface area contributed by atoms with Crippen LogP contribution in [0.4, 0.5) is 0 Å². The predicted molar refractivity (Wildman–Crippen MR) is 73.2 cm³/mol. The maximum Gasteiger partial charge on any atom is 0.324 e. The third-order valence-corrected chi connectivity index (χ3v) is 2.67. The molecule has 1 aromatic carbocycles. The lowest BCUT2D eigenvalue weighted by molar-refractivity contribution is -0.147. The first kappa shape index (κ1) is 16.1. The Labute approximate surface area is 118 Å². The summed E-state index contributed by atoms with van der Waals surface area (Å²) >= 11 is 0. The van der Waals surface area contributed by atoms with Crippen molar-refractivity contribution in [1.82, 2.24) is 0 Å². The number of ether oxygens (including phenoxy) is 2. The van der Waals surface area contributed by atoms with E-state index in [1.165, 1.54) is 0 Å². The van der Waals surface area contributed by atoms with Gasteiger partial charge in [-0.15, -0.1) is 0 Å². The summed E-state index contributed by atoms with van der Waals surface area (Å²) in [7, 11) is 0. The maximum absolute atomic E-state index is 11.5. The van der Waals surface area contributed by atoms with E-state index < -0.39 is 12.0 Å². The van der Waals surface area contributed by atoms with Crippen molar-refractivity contribution >= 4 is 11.9 Å². The largest absolute Gasteiger partial charge is 0.461 e. The number of carbonyl (C=O) groups is 2. The number of hydrogen-bond acceptors (Lipinski definition) is 6. The Bertz CT molecular complexity index is 422. The predicted octanol–water partition coefficient (Wildman–Crippen LogP) is 0.687. The SMILES string of the molecule is NCOC(=O)[C@@H](N)CCCC(=O)OCc1ccccc1. The minimum Gasteiger partial charge on any atom is -0.461 e. The zero-order valence-corrected chi connectivity index (χ0v) is 11.3. The highest BCUT2D eigenvalue weighted by atomic mass is 16.5. The molecule has 1 atom stereocenters. The summed E-state index contributed by atoms with van der Waals surface area (Å²) < 4.78 is 9.67. The van der Waals surface area contributed by atoms with Gasteiger partial charge in [-0.3, -0.25) is 15.3 Å². The van der Waals surface area contributed by atoms with E-state index in [1.807, 2.05) is 30.3 Å². The lowest BCUT2D eigenvalue weighted by Gasteiger charge is -2.10. The Morgan fingerprint density at radius 3 is 2.50 bits per heavy atom. The van der Waals surface area contributed by atoms with Gasteiger partial charge in [0.25, 0.3) is 0 Å². The van der Waals surface area contributed by atoms with Gasteiger partial charge in [-0.2, -0.15) is 0 Å². The number of rotatable bonds is 8. The van der Waals surface area contributed by atoms with Crippen LogP contribution in [0, 0.1) is 0 Å². The van der Waals surface area contributed by atoms with E-state index in [1.54, 1.807) is 0 Å². The van der Waals surface area contributed by atoms with Crippen LogP contribution in [0.25, 0.3) is 0 Å². The van der Waals surface area contributed by atoms with Gasteiger partial charge < -0.3 is 15.2 Å². The second-order valence-corrected chi connectivity index (χ2v) is 4.28. The summed E-state index contributed by atoms with van der Waals surface area (Å²) in [5.74, 6) is -0.863.